The zero-order valence-electron chi connectivity index (χ0n) is 11.3. The molecule has 0 aromatic heterocycles. The van der Waals surface area contributed by atoms with Crippen molar-refractivity contribution in [3.05, 3.63) is 23.8 Å². The minimum Gasteiger partial charge on any atom is -0.493 e. The van der Waals surface area contributed by atoms with Crippen LogP contribution in [0, 0.1) is 0 Å². The maximum absolute atomic E-state index is 11.8. The van der Waals surface area contributed by atoms with Crippen molar-refractivity contribution < 1.29 is 19.0 Å². The van der Waals surface area contributed by atoms with Crippen molar-refractivity contribution in [3.63, 3.8) is 0 Å². The Hall–Kier alpha value is -1.59. The van der Waals surface area contributed by atoms with Gasteiger partial charge in [-0.05, 0) is 25.2 Å². The van der Waals surface area contributed by atoms with Crippen LogP contribution in [-0.4, -0.2) is 45.8 Å². The minimum absolute atomic E-state index is 0.0246. The number of methoxy groups -OCH3 is 1. The molecule has 1 N–H and O–H groups in total. The van der Waals surface area contributed by atoms with Gasteiger partial charge in [0.25, 0.3) is 0 Å². The first-order chi connectivity index (χ1) is 9.24. The number of hydrogen-bond donors (Lipinski definition) is 1. The fourth-order valence-electron chi connectivity index (χ4n) is 1.99. The smallest absolute Gasteiger partial charge is 0.176 e. The number of Topliss-reactive ketones (excluding diaryl/α,β-unsaturated/α-hetero) is 1. The van der Waals surface area contributed by atoms with E-state index in [9.17, 15) is 4.79 Å². The summed E-state index contributed by atoms with van der Waals surface area (Å²) in [5.41, 5.74) is 0.612. The first-order valence-corrected chi connectivity index (χ1v) is 6.35. The maximum atomic E-state index is 11.8. The summed E-state index contributed by atoms with van der Waals surface area (Å²) in [6.45, 7) is 1.63. The number of carbonyl (C=O) groups is 1. The van der Waals surface area contributed by atoms with Crippen LogP contribution < -0.4 is 14.8 Å². The van der Waals surface area contributed by atoms with Gasteiger partial charge in [-0.3, -0.25) is 4.79 Å². The predicted octanol–water partition coefficient (Wildman–Crippen LogP) is 1.26. The van der Waals surface area contributed by atoms with Crippen LogP contribution in [0.15, 0.2) is 18.2 Å². The van der Waals surface area contributed by atoms with E-state index >= 15 is 0 Å². The van der Waals surface area contributed by atoms with E-state index in [0.717, 1.165) is 13.0 Å². The summed E-state index contributed by atoms with van der Waals surface area (Å²) in [6, 6.07) is 5.25. The SMILES string of the molecule is CNCC(=O)c1ccc(OC2CCOC2)c(OC)c1. The predicted molar refractivity (Wildman–Crippen MR) is 71.1 cm³/mol. The lowest BCUT2D eigenvalue weighted by Gasteiger charge is -2.15. The number of rotatable bonds is 6. The Kier molecular flexibility index (Phi) is 4.76. The minimum atomic E-state index is 0.0246. The van der Waals surface area contributed by atoms with Gasteiger partial charge in [-0.2, -0.15) is 0 Å². The van der Waals surface area contributed by atoms with Crippen LogP contribution in [0.1, 0.15) is 16.8 Å². The van der Waals surface area contributed by atoms with Crippen LogP contribution in [0.4, 0.5) is 0 Å². The van der Waals surface area contributed by atoms with Gasteiger partial charge in [-0.25, -0.2) is 0 Å². The van der Waals surface area contributed by atoms with Gasteiger partial charge < -0.3 is 19.5 Å². The fourth-order valence-corrected chi connectivity index (χ4v) is 1.99. The van der Waals surface area contributed by atoms with E-state index in [-0.39, 0.29) is 11.9 Å². The van der Waals surface area contributed by atoms with Gasteiger partial charge in [-0.1, -0.05) is 0 Å². The third kappa shape index (κ3) is 3.45. The standard InChI is InChI=1S/C14H19NO4/c1-15-8-12(16)10-3-4-13(14(7-10)17-2)19-11-5-6-18-9-11/h3-4,7,11,15H,5-6,8-9H2,1-2H3. The van der Waals surface area contributed by atoms with Gasteiger partial charge in [0.15, 0.2) is 17.3 Å². The molecule has 0 saturated carbocycles. The molecule has 19 heavy (non-hydrogen) atoms. The summed E-state index contributed by atoms with van der Waals surface area (Å²) in [5, 5.41) is 2.84. The Bertz CT molecular complexity index is 441. The second-order valence-corrected chi connectivity index (χ2v) is 4.42. The van der Waals surface area contributed by atoms with E-state index in [2.05, 4.69) is 5.32 Å². The van der Waals surface area contributed by atoms with Crippen molar-refractivity contribution in [2.24, 2.45) is 0 Å². The summed E-state index contributed by atoms with van der Waals surface area (Å²) in [6.07, 6.45) is 0.941. The average Bonchev–Trinajstić information content (AvgIpc) is 2.92. The van der Waals surface area contributed by atoms with Gasteiger partial charge in [-0.15, -0.1) is 0 Å². The molecule has 0 amide bonds. The van der Waals surface area contributed by atoms with E-state index in [0.29, 0.717) is 30.2 Å². The number of nitrogens with one attached hydrogen (secondary N) is 1. The first kappa shape index (κ1) is 13.8. The van der Waals surface area contributed by atoms with Crippen LogP contribution >= 0.6 is 0 Å². The highest BCUT2D eigenvalue weighted by molar-refractivity contribution is 5.98. The number of carbonyl (C=O) groups excluding carboxylic acids is 1. The topological polar surface area (TPSA) is 56.8 Å². The molecule has 1 saturated heterocycles. The largest absolute Gasteiger partial charge is 0.493 e. The summed E-state index contributed by atoms with van der Waals surface area (Å²) in [7, 11) is 3.31. The molecular weight excluding hydrogens is 246 g/mol. The van der Waals surface area contributed by atoms with Gasteiger partial charge in [0, 0.05) is 12.0 Å². The van der Waals surface area contributed by atoms with Gasteiger partial charge >= 0.3 is 0 Å². The van der Waals surface area contributed by atoms with Gasteiger partial charge in [0.1, 0.15) is 6.10 Å². The molecule has 1 atom stereocenters. The van der Waals surface area contributed by atoms with Crippen LogP contribution in [0.25, 0.3) is 0 Å². The highest BCUT2D eigenvalue weighted by Gasteiger charge is 2.19. The third-order valence-corrected chi connectivity index (χ3v) is 3.00. The van der Waals surface area contributed by atoms with Crippen molar-refractivity contribution in [2.75, 3.05) is 33.9 Å². The summed E-state index contributed by atoms with van der Waals surface area (Å²) in [5.74, 6) is 1.25. The number of benzene rings is 1. The van der Waals surface area contributed by atoms with E-state index in [4.69, 9.17) is 14.2 Å². The monoisotopic (exact) mass is 265 g/mol. The number of likely N-dealkylation sites (N-methyl/N-ethyl adjacent to an activating group) is 1. The lowest BCUT2D eigenvalue weighted by atomic mass is 10.1. The number of hydrogen-bond acceptors (Lipinski definition) is 5. The molecule has 0 spiro atoms. The van der Waals surface area contributed by atoms with Gasteiger partial charge in [0.2, 0.25) is 0 Å². The molecule has 5 heteroatoms. The van der Waals surface area contributed by atoms with Crippen LogP contribution in [0.3, 0.4) is 0 Å². The Morgan fingerprint density at radius 2 is 2.32 bits per heavy atom. The highest BCUT2D eigenvalue weighted by atomic mass is 16.6. The highest BCUT2D eigenvalue weighted by Crippen LogP contribution is 2.30. The molecule has 1 aliphatic heterocycles. The zero-order valence-corrected chi connectivity index (χ0v) is 11.3. The van der Waals surface area contributed by atoms with Crippen LogP contribution in [-0.2, 0) is 4.74 Å². The summed E-state index contributed by atoms with van der Waals surface area (Å²) < 4.78 is 16.4. The fraction of sp³-hybridized carbons (Fsp3) is 0.500. The number of ether oxygens (including phenoxy) is 3. The van der Waals surface area contributed by atoms with Crippen molar-refractivity contribution in [2.45, 2.75) is 12.5 Å². The molecule has 5 nitrogen and oxygen atoms in total. The Morgan fingerprint density at radius 3 is 2.95 bits per heavy atom. The average molecular weight is 265 g/mol. The maximum Gasteiger partial charge on any atom is 0.176 e. The molecule has 0 radical (unpaired) electrons. The van der Waals surface area contributed by atoms with Crippen molar-refractivity contribution in [1.82, 2.24) is 5.32 Å². The zero-order chi connectivity index (χ0) is 13.7. The second-order valence-electron chi connectivity index (χ2n) is 4.42. The molecule has 1 aromatic rings. The van der Waals surface area contributed by atoms with Crippen molar-refractivity contribution in [3.8, 4) is 11.5 Å². The van der Waals surface area contributed by atoms with Crippen LogP contribution in [0.5, 0.6) is 11.5 Å². The van der Waals surface area contributed by atoms with E-state index in [1.54, 1.807) is 32.4 Å². The molecule has 1 aromatic carbocycles. The summed E-state index contributed by atoms with van der Waals surface area (Å²) in [4.78, 5) is 11.8. The van der Waals surface area contributed by atoms with Gasteiger partial charge in [0.05, 0.1) is 26.9 Å². The van der Waals surface area contributed by atoms with E-state index in [1.807, 2.05) is 0 Å². The molecule has 1 unspecified atom stereocenters. The van der Waals surface area contributed by atoms with E-state index < -0.39 is 0 Å². The summed E-state index contributed by atoms with van der Waals surface area (Å²) >= 11 is 0. The molecular formula is C14H19NO4. The Balaban J connectivity index is 2.13. The Labute approximate surface area is 112 Å². The molecule has 104 valence electrons. The van der Waals surface area contributed by atoms with E-state index in [1.165, 1.54) is 0 Å². The molecule has 0 bridgehead atoms. The second kappa shape index (κ2) is 6.54. The van der Waals surface area contributed by atoms with Crippen molar-refractivity contribution in [1.29, 1.82) is 0 Å². The molecule has 2 rings (SSSR count). The normalized spacial score (nSPS) is 18.3. The number of ketones is 1. The quantitative estimate of drug-likeness (QED) is 0.785. The molecule has 1 heterocycles. The Morgan fingerprint density at radius 1 is 1.47 bits per heavy atom. The lowest BCUT2D eigenvalue weighted by molar-refractivity contribution is 0.0993. The van der Waals surface area contributed by atoms with Crippen LogP contribution in [0.2, 0.25) is 0 Å². The molecule has 1 aliphatic rings. The first-order valence-electron chi connectivity index (χ1n) is 6.35. The molecule has 0 aliphatic carbocycles. The third-order valence-electron chi connectivity index (χ3n) is 3.00. The van der Waals surface area contributed by atoms with Crippen molar-refractivity contribution >= 4 is 5.78 Å². The molecule has 1 fully saturated rings. The lowest BCUT2D eigenvalue weighted by Crippen LogP contribution is -2.19.